The van der Waals surface area contributed by atoms with Gasteiger partial charge in [-0.15, -0.1) is 0 Å². The summed E-state index contributed by atoms with van der Waals surface area (Å²) in [7, 11) is -0.445. The number of hydrogen-bond acceptors (Lipinski definition) is 4. The van der Waals surface area contributed by atoms with Crippen molar-refractivity contribution in [2.24, 2.45) is 5.73 Å². The summed E-state index contributed by atoms with van der Waals surface area (Å²) < 4.78 is 17.6. The molecular weight excluding hydrogens is 252 g/mol. The molecule has 0 saturated carbocycles. The molecule has 1 atom stereocenters. The van der Waals surface area contributed by atoms with E-state index in [1.165, 1.54) is 0 Å². The maximum atomic E-state index is 6.24. The molecule has 1 aromatic carbocycles. The summed E-state index contributed by atoms with van der Waals surface area (Å²) in [5.74, 6) is 0.779. The average molecular weight is 268 g/mol. The van der Waals surface area contributed by atoms with E-state index in [2.05, 4.69) is 0 Å². The van der Waals surface area contributed by atoms with Crippen molar-refractivity contribution >= 4 is 24.2 Å². The van der Waals surface area contributed by atoms with Crippen molar-refractivity contribution in [1.82, 2.24) is 0 Å². The van der Waals surface area contributed by atoms with Crippen LogP contribution in [0.1, 0.15) is 25.5 Å². The van der Waals surface area contributed by atoms with Gasteiger partial charge in [-0.1, -0.05) is 11.6 Å². The van der Waals surface area contributed by atoms with Crippen LogP contribution < -0.4 is 15.9 Å². The molecule has 2 N–H and O–H groups in total. The molecule has 2 aliphatic heterocycles. The van der Waals surface area contributed by atoms with E-state index in [1.54, 1.807) is 0 Å². The van der Waals surface area contributed by atoms with Crippen molar-refractivity contribution in [2.45, 2.75) is 25.6 Å². The van der Waals surface area contributed by atoms with Gasteiger partial charge >= 0.3 is 7.12 Å². The first-order valence-electron chi connectivity index (χ1n) is 6.00. The maximum Gasteiger partial charge on any atom is 0.499 e. The molecule has 0 spiro atoms. The lowest BCUT2D eigenvalue weighted by Gasteiger charge is -2.25. The molecule has 0 fully saturated rings. The summed E-state index contributed by atoms with van der Waals surface area (Å²) in [5.41, 5.74) is 7.12. The van der Waals surface area contributed by atoms with Crippen molar-refractivity contribution in [3.63, 3.8) is 0 Å². The van der Waals surface area contributed by atoms with Gasteiger partial charge in [-0.05, 0) is 26.0 Å². The minimum atomic E-state index is -0.445. The Bertz CT molecular complexity index is 494. The molecule has 2 heterocycles. The van der Waals surface area contributed by atoms with Crippen LogP contribution in [0, 0.1) is 0 Å². The number of rotatable bonds is 1. The zero-order valence-electron chi connectivity index (χ0n) is 10.4. The molecule has 1 aromatic rings. The van der Waals surface area contributed by atoms with Crippen molar-refractivity contribution in [1.29, 1.82) is 0 Å². The van der Waals surface area contributed by atoms with Gasteiger partial charge in [0.2, 0.25) is 0 Å². The van der Waals surface area contributed by atoms with Crippen LogP contribution in [-0.4, -0.2) is 25.9 Å². The van der Waals surface area contributed by atoms with Crippen LogP contribution >= 0.6 is 11.6 Å². The Morgan fingerprint density at radius 3 is 3.00 bits per heavy atom. The summed E-state index contributed by atoms with van der Waals surface area (Å²) in [6.45, 7) is 4.79. The fourth-order valence-corrected chi connectivity index (χ4v) is 2.69. The number of hydrogen-bond donors (Lipinski definition) is 1. The van der Waals surface area contributed by atoms with Gasteiger partial charge in [0, 0.05) is 22.6 Å². The summed E-state index contributed by atoms with van der Waals surface area (Å²) >= 11 is 6.24. The van der Waals surface area contributed by atoms with Gasteiger partial charge in [0.15, 0.2) is 0 Å². The zero-order valence-corrected chi connectivity index (χ0v) is 11.2. The van der Waals surface area contributed by atoms with Crippen molar-refractivity contribution in [3.05, 3.63) is 22.7 Å². The topological polar surface area (TPSA) is 53.7 Å². The van der Waals surface area contributed by atoms with E-state index in [4.69, 9.17) is 31.4 Å². The Balaban J connectivity index is 2.13. The molecule has 0 bridgehead atoms. The number of halogens is 1. The maximum absolute atomic E-state index is 6.24. The normalized spacial score (nSPS) is 24.4. The molecule has 0 aromatic heterocycles. The Morgan fingerprint density at radius 1 is 1.50 bits per heavy atom. The molecule has 0 aliphatic carbocycles. The molecule has 4 nitrogen and oxygen atoms in total. The third-order valence-corrected chi connectivity index (χ3v) is 3.58. The predicted octanol–water partition coefficient (Wildman–Crippen LogP) is 1.25. The number of nitrogens with two attached hydrogens (primary N) is 1. The summed E-state index contributed by atoms with van der Waals surface area (Å²) in [6, 6.07) is 3.68. The Kier molecular flexibility index (Phi) is 2.82. The SMILES string of the molecule is CC1(C)COc2ccc(Cl)c3c2B(OC3CN)O1. The van der Waals surface area contributed by atoms with Gasteiger partial charge in [0.1, 0.15) is 12.4 Å². The second-order valence-corrected chi connectivity index (χ2v) is 5.64. The third-order valence-electron chi connectivity index (χ3n) is 3.25. The molecule has 3 rings (SSSR count). The average Bonchev–Trinajstić information content (AvgIpc) is 2.61. The highest BCUT2D eigenvalue weighted by Crippen LogP contribution is 2.36. The summed E-state index contributed by atoms with van der Waals surface area (Å²) in [4.78, 5) is 0. The fraction of sp³-hybridized carbons (Fsp3) is 0.500. The van der Waals surface area contributed by atoms with Crippen LogP contribution in [-0.2, 0) is 9.31 Å². The van der Waals surface area contributed by atoms with E-state index in [-0.39, 0.29) is 6.10 Å². The first-order valence-corrected chi connectivity index (χ1v) is 6.38. The van der Waals surface area contributed by atoms with Crippen LogP contribution in [0.3, 0.4) is 0 Å². The molecule has 0 amide bonds. The summed E-state index contributed by atoms with van der Waals surface area (Å²) in [6.07, 6.45) is -0.227. The molecule has 0 saturated heterocycles. The van der Waals surface area contributed by atoms with Crippen molar-refractivity contribution in [3.8, 4) is 5.75 Å². The predicted molar refractivity (Wildman–Crippen MR) is 70.4 cm³/mol. The van der Waals surface area contributed by atoms with Gasteiger partial charge in [0.05, 0.1) is 11.7 Å². The van der Waals surface area contributed by atoms with Crippen LogP contribution in [0.2, 0.25) is 5.02 Å². The Hall–Kier alpha value is -0.745. The lowest BCUT2D eigenvalue weighted by atomic mass is 9.77. The zero-order chi connectivity index (χ0) is 12.9. The van der Waals surface area contributed by atoms with Gasteiger partial charge in [0.25, 0.3) is 0 Å². The molecule has 1 unspecified atom stereocenters. The smallest absolute Gasteiger partial charge is 0.491 e. The van der Waals surface area contributed by atoms with Crippen molar-refractivity contribution < 1.29 is 14.0 Å². The van der Waals surface area contributed by atoms with Crippen molar-refractivity contribution in [2.75, 3.05) is 13.2 Å². The fourth-order valence-electron chi connectivity index (χ4n) is 2.41. The van der Waals surface area contributed by atoms with Gasteiger partial charge < -0.3 is 19.8 Å². The number of benzene rings is 1. The monoisotopic (exact) mass is 267 g/mol. The molecule has 96 valence electrons. The summed E-state index contributed by atoms with van der Waals surface area (Å²) in [5, 5.41) is 0.651. The van der Waals surface area contributed by atoms with E-state index in [0.717, 1.165) is 16.8 Å². The highest BCUT2D eigenvalue weighted by atomic mass is 35.5. The minimum absolute atomic E-state index is 0.227. The molecule has 2 aliphatic rings. The Morgan fingerprint density at radius 2 is 2.28 bits per heavy atom. The first kappa shape index (κ1) is 12.3. The van der Waals surface area contributed by atoms with Crippen LogP contribution in [0.15, 0.2) is 12.1 Å². The molecular formula is C12H15BClNO3. The van der Waals surface area contributed by atoms with Crippen LogP contribution in [0.4, 0.5) is 0 Å². The van der Waals surface area contributed by atoms with Gasteiger partial charge in [-0.25, -0.2) is 0 Å². The van der Waals surface area contributed by atoms with E-state index in [1.807, 2.05) is 26.0 Å². The lowest BCUT2D eigenvalue weighted by molar-refractivity contribution is 0.0282. The van der Waals surface area contributed by atoms with Crippen LogP contribution in [0.5, 0.6) is 5.75 Å². The van der Waals surface area contributed by atoms with Crippen LogP contribution in [0.25, 0.3) is 0 Å². The third kappa shape index (κ3) is 1.82. The van der Waals surface area contributed by atoms with Gasteiger partial charge in [-0.2, -0.15) is 0 Å². The first-order chi connectivity index (χ1) is 8.52. The largest absolute Gasteiger partial charge is 0.499 e. The lowest BCUT2D eigenvalue weighted by Crippen LogP contribution is -2.40. The second kappa shape index (κ2) is 4.13. The molecule has 0 radical (unpaired) electrons. The van der Waals surface area contributed by atoms with E-state index in [9.17, 15) is 0 Å². The standard InChI is InChI=1S/C12H15BClNO3/c1-12(2)6-16-8-4-3-7(14)10-9(5-15)17-13(18-12)11(8)10/h3-4,9H,5-6,15H2,1-2H3. The quantitative estimate of drug-likeness (QED) is 0.778. The van der Waals surface area contributed by atoms with E-state index >= 15 is 0 Å². The highest BCUT2D eigenvalue weighted by molar-refractivity contribution is 6.65. The number of ether oxygens (including phenoxy) is 1. The van der Waals surface area contributed by atoms with E-state index in [0.29, 0.717) is 18.2 Å². The van der Waals surface area contributed by atoms with E-state index < -0.39 is 12.7 Å². The van der Waals surface area contributed by atoms with Gasteiger partial charge in [-0.3, -0.25) is 0 Å². The molecule has 6 heteroatoms. The second-order valence-electron chi connectivity index (χ2n) is 5.23. The minimum Gasteiger partial charge on any atom is -0.491 e. The molecule has 18 heavy (non-hydrogen) atoms. The highest BCUT2D eigenvalue weighted by Gasteiger charge is 2.46. The Labute approximate surface area is 111 Å².